The van der Waals surface area contributed by atoms with Gasteiger partial charge >= 0.3 is 0 Å². The first-order valence-electron chi connectivity index (χ1n) is 9.47. The molecule has 0 radical (unpaired) electrons. The predicted molar refractivity (Wildman–Crippen MR) is 102 cm³/mol. The molecule has 0 unspecified atom stereocenters. The van der Waals surface area contributed by atoms with Crippen molar-refractivity contribution in [3.05, 3.63) is 75.3 Å². The standard InChI is InChI=1S/C21H21N3O3/c1-14-17-6-2-3-7-18(17)21(23-12-4-5-13-23)19(22-27-20(14)21)15-8-10-16(11-9-15)24(25)26/h2-3,6-11,14,20H,4-5,12-13H2,1H3/t14-,20+,21-/m0/s1. The van der Waals surface area contributed by atoms with Crippen molar-refractivity contribution in [3.63, 3.8) is 0 Å². The molecule has 0 N–H and O–H groups in total. The van der Waals surface area contributed by atoms with Gasteiger partial charge in [-0.1, -0.05) is 36.3 Å². The lowest BCUT2D eigenvalue weighted by Crippen LogP contribution is -2.54. The number of oxime groups is 1. The largest absolute Gasteiger partial charge is 0.389 e. The molecule has 138 valence electrons. The number of hydrogen-bond donors (Lipinski definition) is 0. The van der Waals surface area contributed by atoms with Crippen LogP contribution in [0.4, 0.5) is 5.69 Å². The number of nitrogens with zero attached hydrogens (tertiary/aromatic N) is 3. The van der Waals surface area contributed by atoms with Gasteiger partial charge in [-0.25, -0.2) is 0 Å². The molecule has 2 aliphatic heterocycles. The molecule has 0 bridgehead atoms. The quantitative estimate of drug-likeness (QED) is 0.614. The maximum Gasteiger partial charge on any atom is 0.269 e. The molecule has 27 heavy (non-hydrogen) atoms. The lowest BCUT2D eigenvalue weighted by molar-refractivity contribution is -0.384. The third-order valence-electron chi connectivity index (χ3n) is 6.30. The van der Waals surface area contributed by atoms with Crippen LogP contribution in [0.1, 0.15) is 42.4 Å². The van der Waals surface area contributed by atoms with Gasteiger partial charge in [0.25, 0.3) is 5.69 Å². The molecule has 2 aromatic rings. The highest BCUT2D eigenvalue weighted by molar-refractivity contribution is 6.10. The molecule has 3 aliphatic rings. The van der Waals surface area contributed by atoms with E-state index in [0.717, 1.165) is 24.4 Å². The minimum Gasteiger partial charge on any atom is -0.389 e. The maximum atomic E-state index is 11.0. The molecule has 6 heteroatoms. The van der Waals surface area contributed by atoms with Crippen molar-refractivity contribution in [3.8, 4) is 0 Å². The summed E-state index contributed by atoms with van der Waals surface area (Å²) in [4.78, 5) is 19.2. The van der Waals surface area contributed by atoms with Gasteiger partial charge in [-0.05, 0) is 49.2 Å². The Morgan fingerprint density at radius 1 is 1.15 bits per heavy atom. The molecular formula is C21H21N3O3. The van der Waals surface area contributed by atoms with Crippen LogP contribution in [0.5, 0.6) is 0 Å². The zero-order valence-corrected chi connectivity index (χ0v) is 15.2. The first kappa shape index (κ1) is 16.4. The van der Waals surface area contributed by atoms with Gasteiger partial charge in [0.2, 0.25) is 0 Å². The highest BCUT2D eigenvalue weighted by Crippen LogP contribution is 2.55. The average molecular weight is 363 g/mol. The second kappa shape index (κ2) is 5.89. The number of nitro benzene ring substituents is 1. The van der Waals surface area contributed by atoms with Gasteiger partial charge in [-0.3, -0.25) is 15.0 Å². The van der Waals surface area contributed by atoms with Crippen LogP contribution in [-0.2, 0) is 10.4 Å². The van der Waals surface area contributed by atoms with E-state index in [4.69, 9.17) is 4.84 Å². The molecule has 5 rings (SSSR count). The molecule has 0 saturated carbocycles. The Bertz CT molecular complexity index is 934. The maximum absolute atomic E-state index is 11.0. The van der Waals surface area contributed by atoms with Crippen molar-refractivity contribution in [2.24, 2.45) is 5.16 Å². The van der Waals surface area contributed by atoms with Crippen LogP contribution in [0.3, 0.4) is 0 Å². The fraction of sp³-hybridized carbons (Fsp3) is 0.381. The van der Waals surface area contributed by atoms with Crippen molar-refractivity contribution >= 4 is 11.4 Å². The molecular weight excluding hydrogens is 342 g/mol. The molecule has 1 saturated heterocycles. The zero-order valence-electron chi connectivity index (χ0n) is 15.2. The normalized spacial score (nSPS) is 29.1. The summed E-state index contributed by atoms with van der Waals surface area (Å²) >= 11 is 0. The summed E-state index contributed by atoms with van der Waals surface area (Å²) in [6, 6.07) is 15.2. The summed E-state index contributed by atoms with van der Waals surface area (Å²) in [5, 5.41) is 15.6. The topological polar surface area (TPSA) is 68.0 Å². The van der Waals surface area contributed by atoms with Crippen LogP contribution in [-0.4, -0.2) is 34.7 Å². The SMILES string of the molecule is C[C@H]1c2ccccc2[C@]2(N3CCCC3)C(c3ccc([N+](=O)[O-])cc3)=NO[C@H]12. The molecule has 0 aromatic heterocycles. The summed E-state index contributed by atoms with van der Waals surface area (Å²) in [7, 11) is 0. The van der Waals surface area contributed by atoms with Gasteiger partial charge in [0, 0.05) is 23.6 Å². The molecule has 1 fully saturated rings. The Kier molecular flexibility index (Phi) is 3.59. The number of likely N-dealkylation sites (tertiary alicyclic amines) is 1. The minimum atomic E-state index is -0.414. The van der Waals surface area contributed by atoms with Gasteiger partial charge in [0.15, 0.2) is 6.10 Å². The van der Waals surface area contributed by atoms with Crippen LogP contribution in [0.2, 0.25) is 0 Å². The van der Waals surface area contributed by atoms with Crippen molar-refractivity contribution < 1.29 is 9.76 Å². The van der Waals surface area contributed by atoms with Gasteiger partial charge < -0.3 is 4.84 Å². The van der Waals surface area contributed by atoms with E-state index in [1.165, 1.54) is 24.0 Å². The number of nitro groups is 1. The van der Waals surface area contributed by atoms with E-state index in [1.807, 2.05) is 0 Å². The Morgan fingerprint density at radius 2 is 1.85 bits per heavy atom. The van der Waals surface area contributed by atoms with Gasteiger partial charge in [-0.2, -0.15) is 0 Å². The molecule has 3 atom stereocenters. The van der Waals surface area contributed by atoms with Gasteiger partial charge in [0.1, 0.15) is 11.3 Å². The number of hydrogen-bond acceptors (Lipinski definition) is 5. The van der Waals surface area contributed by atoms with E-state index in [9.17, 15) is 10.1 Å². The van der Waals surface area contributed by atoms with Crippen molar-refractivity contribution in [2.45, 2.75) is 37.3 Å². The highest BCUT2D eigenvalue weighted by atomic mass is 16.6. The molecule has 0 spiro atoms. The number of fused-ring (bicyclic) bond motifs is 3. The van der Waals surface area contributed by atoms with E-state index in [2.05, 4.69) is 41.2 Å². The van der Waals surface area contributed by atoms with E-state index < -0.39 is 5.54 Å². The van der Waals surface area contributed by atoms with E-state index in [-0.39, 0.29) is 22.6 Å². The van der Waals surface area contributed by atoms with Crippen molar-refractivity contribution in [1.29, 1.82) is 0 Å². The second-order valence-corrected chi connectivity index (χ2v) is 7.61. The number of non-ortho nitro benzene ring substituents is 1. The number of rotatable bonds is 3. The predicted octanol–water partition coefficient (Wildman–Crippen LogP) is 3.81. The molecule has 6 nitrogen and oxygen atoms in total. The summed E-state index contributed by atoms with van der Waals surface area (Å²) in [5.41, 5.74) is 4.01. The van der Waals surface area contributed by atoms with Crippen LogP contribution in [0, 0.1) is 10.1 Å². The van der Waals surface area contributed by atoms with Crippen molar-refractivity contribution in [2.75, 3.05) is 13.1 Å². The van der Waals surface area contributed by atoms with Crippen molar-refractivity contribution in [1.82, 2.24) is 4.90 Å². The lowest BCUT2D eigenvalue weighted by Gasteiger charge is -2.39. The second-order valence-electron chi connectivity index (χ2n) is 7.61. The summed E-state index contributed by atoms with van der Waals surface area (Å²) in [6.07, 6.45) is 2.26. The van der Waals surface area contributed by atoms with Gasteiger partial charge in [0.05, 0.1) is 4.92 Å². The van der Waals surface area contributed by atoms with Crippen LogP contribution in [0.15, 0.2) is 53.7 Å². The Hall–Kier alpha value is -2.73. The minimum absolute atomic E-state index is 0.0711. The first-order valence-corrected chi connectivity index (χ1v) is 9.47. The van der Waals surface area contributed by atoms with E-state index >= 15 is 0 Å². The Labute approximate surface area is 157 Å². The number of benzene rings is 2. The summed E-state index contributed by atoms with van der Waals surface area (Å²) in [6.45, 7) is 4.22. The van der Waals surface area contributed by atoms with E-state index in [1.54, 1.807) is 24.3 Å². The highest BCUT2D eigenvalue weighted by Gasteiger charge is 2.62. The summed E-state index contributed by atoms with van der Waals surface area (Å²) in [5.74, 6) is 0.237. The average Bonchev–Trinajstić information content (AvgIpc) is 3.39. The van der Waals surface area contributed by atoms with Crippen LogP contribution < -0.4 is 0 Å². The third kappa shape index (κ3) is 2.13. The monoisotopic (exact) mass is 363 g/mol. The summed E-state index contributed by atoms with van der Waals surface area (Å²) < 4.78 is 0. The third-order valence-corrected chi connectivity index (χ3v) is 6.30. The smallest absolute Gasteiger partial charge is 0.269 e. The first-order chi connectivity index (χ1) is 13.1. The van der Waals surface area contributed by atoms with Crippen LogP contribution in [0.25, 0.3) is 0 Å². The van der Waals surface area contributed by atoms with Crippen LogP contribution >= 0.6 is 0 Å². The Balaban J connectivity index is 1.69. The molecule has 0 amide bonds. The zero-order chi connectivity index (χ0) is 18.6. The Morgan fingerprint density at radius 3 is 2.56 bits per heavy atom. The fourth-order valence-electron chi connectivity index (χ4n) is 5.11. The van der Waals surface area contributed by atoms with E-state index in [0.29, 0.717) is 0 Å². The lowest BCUT2D eigenvalue weighted by atomic mass is 9.79. The fourth-order valence-corrected chi connectivity index (χ4v) is 5.11. The molecule has 2 aromatic carbocycles. The molecule has 2 heterocycles. The molecule has 1 aliphatic carbocycles. The van der Waals surface area contributed by atoms with Gasteiger partial charge in [-0.15, -0.1) is 0 Å².